The lowest BCUT2D eigenvalue weighted by molar-refractivity contribution is -0.140. The zero-order chi connectivity index (χ0) is 25.7. The molecule has 3 aromatic rings. The van der Waals surface area contributed by atoms with Gasteiger partial charge in [0.1, 0.15) is 13.2 Å². The van der Waals surface area contributed by atoms with Crippen molar-refractivity contribution in [1.29, 1.82) is 0 Å². The number of halogens is 2. The first-order valence-corrected chi connectivity index (χ1v) is 11.7. The fraction of sp³-hybridized carbons (Fsp3) is 0.192. The molecule has 186 valence electrons. The predicted octanol–water partition coefficient (Wildman–Crippen LogP) is 4.46. The quantitative estimate of drug-likeness (QED) is 0.357. The molecule has 0 fully saturated rings. The van der Waals surface area contributed by atoms with E-state index in [0.29, 0.717) is 27.8 Å². The summed E-state index contributed by atoms with van der Waals surface area (Å²) in [5.74, 6) is -1.41. The van der Waals surface area contributed by atoms with Crippen LogP contribution in [0.4, 0.5) is 5.69 Å². The van der Waals surface area contributed by atoms with Gasteiger partial charge in [0.15, 0.2) is 17.5 Å². The van der Waals surface area contributed by atoms with E-state index in [-0.39, 0.29) is 24.5 Å². The van der Waals surface area contributed by atoms with Crippen molar-refractivity contribution in [1.82, 2.24) is 5.32 Å². The fourth-order valence-electron chi connectivity index (χ4n) is 3.55. The highest BCUT2D eigenvalue weighted by molar-refractivity contribution is 6.35. The van der Waals surface area contributed by atoms with Crippen LogP contribution in [0.15, 0.2) is 65.7 Å². The standard InChI is InChI=1S/C26H22Cl2N2O6/c27-18-7-5-17(20(28)11-18)13-35-23-8-6-16(25(32)30-22(12-31)26(33)34)10-24(23)36-14-19-9-15-3-1-2-4-21(15)29-19/h1-8,10-11,22,31H,9,12-14H2,(H,30,32)(H,33,34). The molecule has 1 aliphatic heterocycles. The minimum Gasteiger partial charge on any atom is -0.485 e. The van der Waals surface area contributed by atoms with Crippen molar-refractivity contribution in [2.75, 3.05) is 13.2 Å². The van der Waals surface area contributed by atoms with Crippen molar-refractivity contribution < 1.29 is 29.3 Å². The first-order valence-electron chi connectivity index (χ1n) is 11.0. The van der Waals surface area contributed by atoms with Crippen molar-refractivity contribution in [3.8, 4) is 11.5 Å². The number of aliphatic carboxylic acids is 1. The minimum absolute atomic E-state index is 0.121. The maximum Gasteiger partial charge on any atom is 0.328 e. The van der Waals surface area contributed by atoms with Gasteiger partial charge >= 0.3 is 5.97 Å². The molecule has 8 nitrogen and oxygen atoms in total. The molecule has 1 amide bonds. The molecular weight excluding hydrogens is 507 g/mol. The summed E-state index contributed by atoms with van der Waals surface area (Å²) >= 11 is 12.2. The van der Waals surface area contributed by atoms with Crippen LogP contribution < -0.4 is 14.8 Å². The molecule has 0 aliphatic carbocycles. The molecule has 36 heavy (non-hydrogen) atoms. The third kappa shape index (κ3) is 6.15. The van der Waals surface area contributed by atoms with Gasteiger partial charge in [-0.15, -0.1) is 0 Å². The highest BCUT2D eigenvalue weighted by Crippen LogP contribution is 2.32. The van der Waals surface area contributed by atoms with E-state index in [1.807, 2.05) is 24.3 Å². The molecule has 3 aromatic carbocycles. The van der Waals surface area contributed by atoms with Crippen molar-refractivity contribution in [2.45, 2.75) is 19.1 Å². The zero-order valence-corrected chi connectivity index (χ0v) is 20.4. The summed E-state index contributed by atoms with van der Waals surface area (Å²) in [4.78, 5) is 28.4. The molecule has 0 radical (unpaired) electrons. The number of benzene rings is 3. The number of aliphatic hydroxyl groups is 1. The summed E-state index contributed by atoms with van der Waals surface area (Å²) in [6.45, 7) is -0.462. The Kier molecular flexibility index (Phi) is 8.10. The molecule has 1 heterocycles. The van der Waals surface area contributed by atoms with Crippen molar-refractivity contribution in [3.05, 3.63) is 87.4 Å². The number of aliphatic hydroxyl groups excluding tert-OH is 1. The van der Waals surface area contributed by atoms with Crippen LogP contribution in [0, 0.1) is 0 Å². The number of carbonyl (C=O) groups is 2. The van der Waals surface area contributed by atoms with Crippen LogP contribution in [-0.2, 0) is 17.8 Å². The predicted molar refractivity (Wildman–Crippen MR) is 136 cm³/mol. The lowest BCUT2D eigenvalue weighted by Gasteiger charge is -2.16. The molecule has 1 atom stereocenters. The first-order chi connectivity index (χ1) is 17.3. The molecule has 10 heteroatoms. The first kappa shape index (κ1) is 25.5. The van der Waals surface area contributed by atoms with Crippen molar-refractivity contribution in [3.63, 3.8) is 0 Å². The second-order valence-corrected chi connectivity index (χ2v) is 8.85. The maximum absolute atomic E-state index is 12.6. The largest absolute Gasteiger partial charge is 0.485 e. The van der Waals surface area contributed by atoms with Crippen molar-refractivity contribution >= 4 is 46.5 Å². The molecule has 1 aliphatic rings. The van der Waals surface area contributed by atoms with Gasteiger partial charge in [-0.1, -0.05) is 47.5 Å². The van der Waals surface area contributed by atoms with Gasteiger partial charge < -0.3 is 25.0 Å². The number of amides is 1. The van der Waals surface area contributed by atoms with Crippen LogP contribution in [0.1, 0.15) is 21.5 Å². The Morgan fingerprint density at radius 1 is 1.00 bits per heavy atom. The van der Waals surface area contributed by atoms with Crippen LogP contribution in [0.2, 0.25) is 10.0 Å². The maximum atomic E-state index is 12.6. The molecular formula is C26H22Cl2N2O6. The number of carboxylic acids is 1. The van der Waals surface area contributed by atoms with Gasteiger partial charge in [-0.3, -0.25) is 9.79 Å². The lowest BCUT2D eigenvalue weighted by Crippen LogP contribution is -2.43. The minimum atomic E-state index is -1.43. The van der Waals surface area contributed by atoms with Gasteiger partial charge in [-0.2, -0.15) is 0 Å². The normalized spacial score (nSPS) is 12.9. The molecule has 0 aromatic heterocycles. The van der Waals surface area contributed by atoms with Crippen LogP contribution >= 0.6 is 23.2 Å². The van der Waals surface area contributed by atoms with Crippen LogP contribution in [0.3, 0.4) is 0 Å². The second kappa shape index (κ2) is 11.4. The highest BCUT2D eigenvalue weighted by atomic mass is 35.5. The SMILES string of the molecule is O=C(NC(CO)C(=O)O)c1ccc(OCc2ccc(Cl)cc2Cl)c(OCC2=Nc3ccccc3C2)c1. The van der Waals surface area contributed by atoms with Gasteiger partial charge in [0, 0.05) is 27.6 Å². The highest BCUT2D eigenvalue weighted by Gasteiger charge is 2.21. The molecule has 0 spiro atoms. The average Bonchev–Trinajstić information content (AvgIpc) is 3.28. The number of nitrogens with zero attached hydrogens (tertiary/aromatic N) is 1. The summed E-state index contributed by atoms with van der Waals surface area (Å²) in [7, 11) is 0. The van der Waals surface area contributed by atoms with E-state index in [4.69, 9.17) is 37.8 Å². The number of ether oxygens (including phenoxy) is 2. The molecule has 1 unspecified atom stereocenters. The Balaban J connectivity index is 1.54. The van der Waals surface area contributed by atoms with Crippen molar-refractivity contribution in [2.24, 2.45) is 4.99 Å². The summed E-state index contributed by atoms with van der Waals surface area (Å²) in [6.07, 6.45) is 0.643. The van der Waals surface area contributed by atoms with Crippen LogP contribution in [-0.4, -0.2) is 47.1 Å². The van der Waals surface area contributed by atoms with E-state index < -0.39 is 24.5 Å². The van der Waals surface area contributed by atoms with Crippen LogP contribution in [0.5, 0.6) is 11.5 Å². The summed E-state index contributed by atoms with van der Waals surface area (Å²) < 4.78 is 11.9. The Labute approximate surface area is 217 Å². The number of rotatable bonds is 10. The van der Waals surface area contributed by atoms with E-state index in [1.54, 1.807) is 24.3 Å². The van der Waals surface area contributed by atoms with Gasteiger partial charge in [0.2, 0.25) is 0 Å². The molecule has 4 rings (SSSR count). The monoisotopic (exact) mass is 528 g/mol. The number of aliphatic imine (C=N–C) groups is 1. The van der Waals surface area contributed by atoms with Gasteiger partial charge in [-0.25, -0.2) is 4.79 Å². The van der Waals surface area contributed by atoms with E-state index in [2.05, 4.69) is 10.3 Å². The lowest BCUT2D eigenvalue weighted by atomic mass is 10.1. The third-order valence-electron chi connectivity index (χ3n) is 5.45. The smallest absolute Gasteiger partial charge is 0.328 e. The van der Waals surface area contributed by atoms with E-state index >= 15 is 0 Å². The number of nitrogens with one attached hydrogen (secondary N) is 1. The summed E-state index contributed by atoms with van der Waals surface area (Å²) in [5.41, 5.74) is 3.64. The van der Waals surface area contributed by atoms with E-state index in [1.165, 1.54) is 12.1 Å². The van der Waals surface area contributed by atoms with Gasteiger partial charge in [0.05, 0.1) is 18.0 Å². The molecule has 0 saturated carbocycles. The summed E-state index contributed by atoms with van der Waals surface area (Å²) in [6, 6.07) is 15.9. The van der Waals surface area contributed by atoms with Gasteiger partial charge in [-0.05, 0) is 42.0 Å². The number of fused-ring (bicyclic) bond motifs is 1. The average molecular weight is 529 g/mol. The van der Waals surface area contributed by atoms with Gasteiger partial charge in [0.25, 0.3) is 5.91 Å². The topological polar surface area (TPSA) is 117 Å². The molecule has 0 bridgehead atoms. The number of hydrogen-bond acceptors (Lipinski definition) is 6. The molecule has 0 saturated heterocycles. The number of carboxylic acid groups (broad SMARTS) is 1. The Morgan fingerprint density at radius 2 is 1.78 bits per heavy atom. The van der Waals surface area contributed by atoms with Crippen LogP contribution in [0.25, 0.3) is 0 Å². The Morgan fingerprint density at radius 3 is 2.50 bits per heavy atom. The third-order valence-corrected chi connectivity index (χ3v) is 6.04. The number of para-hydroxylation sites is 1. The van der Waals surface area contributed by atoms with E-state index in [9.17, 15) is 14.7 Å². The van der Waals surface area contributed by atoms with E-state index in [0.717, 1.165) is 17.0 Å². The zero-order valence-electron chi connectivity index (χ0n) is 18.9. The number of carbonyl (C=O) groups excluding carboxylic acids is 1. The molecule has 3 N–H and O–H groups in total. The summed E-state index contributed by atoms with van der Waals surface area (Å²) in [5, 5.41) is 21.6. The number of hydrogen-bond donors (Lipinski definition) is 3. The Bertz CT molecular complexity index is 1330. The fourth-order valence-corrected chi connectivity index (χ4v) is 4.01. The Hall–Kier alpha value is -3.59. The second-order valence-electron chi connectivity index (χ2n) is 8.00.